The molecule has 1 heterocycles. The zero-order valence-electron chi connectivity index (χ0n) is 5.55. The number of hydrogen-bond donors (Lipinski definition) is 2. The highest BCUT2D eigenvalue weighted by Gasteiger charge is 1.96. The quantitative estimate of drug-likeness (QED) is 0.497. The first-order valence-electron chi connectivity index (χ1n) is 2.59. The van der Waals surface area contributed by atoms with Crippen molar-refractivity contribution < 1.29 is 0 Å². The lowest BCUT2D eigenvalue weighted by atomic mass is 10.3. The fraction of sp³-hybridized carbons (Fsp3) is 0.167. The Kier molecular flexibility index (Phi) is 3.39. The Morgan fingerprint density at radius 3 is 2.50 bits per heavy atom. The van der Waals surface area contributed by atoms with Gasteiger partial charge in [0.05, 0.1) is 0 Å². The number of aryl methyl sites for hydroxylation is 1. The maximum atomic E-state index is 7.03. The summed E-state index contributed by atoms with van der Waals surface area (Å²) in [5, 5.41) is 8.92. The van der Waals surface area contributed by atoms with Crippen molar-refractivity contribution in [3.63, 3.8) is 0 Å². The molecule has 0 aliphatic carbocycles. The van der Waals surface area contributed by atoms with Crippen molar-refractivity contribution in [2.24, 2.45) is 5.73 Å². The molecule has 0 saturated carbocycles. The van der Waals surface area contributed by atoms with E-state index in [0.717, 1.165) is 5.56 Å². The van der Waals surface area contributed by atoms with Gasteiger partial charge in [0.25, 0.3) is 0 Å². The number of thiophene rings is 1. The normalized spacial score (nSPS) is 8.50. The van der Waals surface area contributed by atoms with Crippen LogP contribution in [0.1, 0.15) is 10.4 Å². The molecule has 0 amide bonds. The highest BCUT2D eigenvalue weighted by molar-refractivity contribution is 7.10. The maximum Gasteiger partial charge on any atom is 0.123 e. The first-order valence-corrected chi connectivity index (χ1v) is 3.47. The van der Waals surface area contributed by atoms with Crippen molar-refractivity contribution in [3.05, 3.63) is 21.9 Å². The lowest BCUT2D eigenvalue weighted by Crippen LogP contribution is -2.09. The summed E-state index contributed by atoms with van der Waals surface area (Å²) in [4.78, 5) is 1.19. The molecule has 1 aromatic heterocycles. The molecule has 2 nitrogen and oxygen atoms in total. The van der Waals surface area contributed by atoms with Gasteiger partial charge in [-0.05, 0) is 13.0 Å². The van der Waals surface area contributed by atoms with Crippen LogP contribution in [0.2, 0.25) is 0 Å². The number of nitrogens with one attached hydrogen (secondary N) is 1. The van der Waals surface area contributed by atoms with E-state index >= 15 is 0 Å². The summed E-state index contributed by atoms with van der Waals surface area (Å²) in [7, 11) is 0. The first-order chi connectivity index (χ1) is 4.20. The van der Waals surface area contributed by atoms with Crippen molar-refractivity contribution in [3.8, 4) is 0 Å². The van der Waals surface area contributed by atoms with Crippen molar-refractivity contribution >= 4 is 29.6 Å². The summed E-state index contributed by atoms with van der Waals surface area (Å²) in [6.45, 7) is 2.00. The third-order valence-electron chi connectivity index (χ3n) is 1.04. The summed E-state index contributed by atoms with van der Waals surface area (Å²) < 4.78 is 0. The van der Waals surface area contributed by atoms with E-state index in [4.69, 9.17) is 11.1 Å². The number of amidine groups is 1. The van der Waals surface area contributed by atoms with Gasteiger partial charge in [-0.3, -0.25) is 5.41 Å². The molecule has 0 atom stereocenters. The molecule has 3 N–H and O–H groups in total. The first kappa shape index (κ1) is 9.46. The minimum absolute atomic E-state index is 0. The summed E-state index contributed by atoms with van der Waals surface area (Å²) in [6.07, 6.45) is 0. The van der Waals surface area contributed by atoms with Crippen LogP contribution >= 0.6 is 23.7 Å². The summed E-state index contributed by atoms with van der Waals surface area (Å²) in [6, 6.07) is 1.91. The predicted molar refractivity (Wildman–Crippen MR) is 47.3 cm³/mol. The van der Waals surface area contributed by atoms with E-state index in [9.17, 15) is 0 Å². The van der Waals surface area contributed by atoms with Crippen LogP contribution in [0.4, 0.5) is 0 Å². The van der Waals surface area contributed by atoms with Crippen molar-refractivity contribution in [2.75, 3.05) is 0 Å². The topological polar surface area (TPSA) is 49.9 Å². The molecule has 0 fully saturated rings. The summed E-state index contributed by atoms with van der Waals surface area (Å²) in [5.41, 5.74) is 6.05. The number of nitrogens with two attached hydrogens (primary N) is 1. The molecular weight excluding hydrogens is 168 g/mol. The van der Waals surface area contributed by atoms with Crippen molar-refractivity contribution in [1.82, 2.24) is 0 Å². The number of hydrogen-bond acceptors (Lipinski definition) is 2. The van der Waals surface area contributed by atoms with Crippen LogP contribution in [-0.2, 0) is 0 Å². The molecule has 0 spiro atoms. The van der Waals surface area contributed by atoms with Gasteiger partial charge < -0.3 is 5.73 Å². The van der Waals surface area contributed by atoms with Gasteiger partial charge in [0.2, 0.25) is 0 Å². The molecule has 0 aromatic carbocycles. The van der Waals surface area contributed by atoms with E-state index in [2.05, 4.69) is 0 Å². The van der Waals surface area contributed by atoms with E-state index in [1.54, 1.807) is 11.3 Å². The monoisotopic (exact) mass is 176 g/mol. The average molecular weight is 177 g/mol. The van der Waals surface area contributed by atoms with Crippen LogP contribution in [0.25, 0.3) is 0 Å². The Bertz CT molecular complexity index is 231. The van der Waals surface area contributed by atoms with Gasteiger partial charge in [-0.25, -0.2) is 0 Å². The van der Waals surface area contributed by atoms with Crippen LogP contribution < -0.4 is 5.73 Å². The fourth-order valence-electron chi connectivity index (χ4n) is 0.585. The molecular formula is C6H9ClN2S. The highest BCUT2D eigenvalue weighted by atomic mass is 35.5. The second-order valence-corrected chi connectivity index (χ2v) is 2.98. The van der Waals surface area contributed by atoms with Crippen LogP contribution in [0.3, 0.4) is 0 Å². The Balaban J connectivity index is 0.000000810. The van der Waals surface area contributed by atoms with Gasteiger partial charge in [0.15, 0.2) is 0 Å². The number of halogens is 1. The van der Waals surface area contributed by atoms with Gasteiger partial charge in [0.1, 0.15) is 5.84 Å². The van der Waals surface area contributed by atoms with Gasteiger partial charge >= 0.3 is 0 Å². The van der Waals surface area contributed by atoms with E-state index in [1.807, 2.05) is 18.4 Å². The molecule has 4 heteroatoms. The predicted octanol–water partition coefficient (Wildman–Crippen LogP) is 1.76. The van der Waals surface area contributed by atoms with Crippen LogP contribution in [0.15, 0.2) is 11.4 Å². The van der Waals surface area contributed by atoms with E-state index in [-0.39, 0.29) is 18.2 Å². The Labute approximate surface area is 70.0 Å². The number of nitrogen functional groups attached to an aromatic ring is 1. The zero-order valence-corrected chi connectivity index (χ0v) is 7.18. The van der Waals surface area contributed by atoms with Gasteiger partial charge in [0, 0.05) is 15.8 Å². The van der Waals surface area contributed by atoms with Crippen LogP contribution in [0.5, 0.6) is 0 Å². The molecule has 1 aromatic rings. The molecule has 1 rings (SSSR count). The smallest absolute Gasteiger partial charge is 0.123 e. The Morgan fingerprint density at radius 1 is 1.70 bits per heavy atom. The summed E-state index contributed by atoms with van der Waals surface area (Å²) >= 11 is 1.61. The maximum absolute atomic E-state index is 7.03. The van der Waals surface area contributed by atoms with Crippen LogP contribution in [0, 0.1) is 12.3 Å². The average Bonchev–Trinajstić information content (AvgIpc) is 2.14. The number of rotatable bonds is 1. The fourth-order valence-corrected chi connectivity index (χ4v) is 1.29. The largest absolute Gasteiger partial charge is 0.384 e. The molecule has 0 aliphatic heterocycles. The van der Waals surface area contributed by atoms with Crippen LogP contribution in [-0.4, -0.2) is 5.84 Å². The SMILES string of the molecule is Cc1cc(C(=N)N)cs1.Cl. The minimum Gasteiger partial charge on any atom is -0.384 e. The molecule has 0 bridgehead atoms. The Hall–Kier alpha value is -0.540. The Morgan fingerprint density at radius 2 is 2.30 bits per heavy atom. The van der Waals surface area contributed by atoms with Gasteiger partial charge in [-0.1, -0.05) is 0 Å². The van der Waals surface area contributed by atoms with E-state index in [1.165, 1.54) is 4.88 Å². The van der Waals surface area contributed by atoms with Crippen molar-refractivity contribution in [2.45, 2.75) is 6.92 Å². The standard InChI is InChI=1S/C6H8N2S.ClH/c1-4-2-5(3-9-4)6(7)8;/h2-3H,1H3,(H3,7,8);1H. The van der Waals surface area contributed by atoms with Gasteiger partial charge in [-0.2, -0.15) is 0 Å². The molecule has 0 aliphatic rings. The van der Waals surface area contributed by atoms with E-state index in [0.29, 0.717) is 0 Å². The molecule has 10 heavy (non-hydrogen) atoms. The molecule has 0 unspecified atom stereocenters. The van der Waals surface area contributed by atoms with Crippen molar-refractivity contribution in [1.29, 1.82) is 5.41 Å². The second-order valence-electron chi connectivity index (χ2n) is 1.86. The van der Waals surface area contributed by atoms with Gasteiger partial charge in [-0.15, -0.1) is 23.7 Å². The molecule has 56 valence electrons. The second kappa shape index (κ2) is 3.58. The third kappa shape index (κ3) is 2.01. The minimum atomic E-state index is 0. The lowest BCUT2D eigenvalue weighted by molar-refractivity contribution is 1.43. The zero-order chi connectivity index (χ0) is 6.85. The summed E-state index contributed by atoms with van der Waals surface area (Å²) in [5.74, 6) is 0.152. The lowest BCUT2D eigenvalue weighted by Gasteiger charge is -1.86. The molecule has 0 saturated heterocycles. The third-order valence-corrected chi connectivity index (χ3v) is 1.90. The molecule has 0 radical (unpaired) electrons. The highest BCUT2D eigenvalue weighted by Crippen LogP contribution is 2.11. The van der Waals surface area contributed by atoms with E-state index < -0.39 is 0 Å².